The Morgan fingerprint density at radius 3 is 2.72 bits per heavy atom. The van der Waals surface area contributed by atoms with Crippen LogP contribution in [-0.2, 0) is 19.4 Å². The van der Waals surface area contributed by atoms with Crippen LogP contribution in [0.1, 0.15) is 23.2 Å². The highest BCUT2D eigenvalue weighted by Gasteiger charge is 2.27. The second-order valence-electron chi connectivity index (χ2n) is 6.41. The molecule has 2 aromatic rings. The van der Waals surface area contributed by atoms with Crippen molar-refractivity contribution < 1.29 is 13.2 Å². The molecule has 0 saturated heterocycles. The normalized spacial score (nSPS) is 18.0. The number of halogens is 3. The molecule has 134 valence electrons. The van der Waals surface area contributed by atoms with E-state index in [2.05, 4.69) is 39.4 Å². The fraction of sp³-hybridized carbons (Fsp3) is 0.444. The maximum absolute atomic E-state index is 12.3. The summed E-state index contributed by atoms with van der Waals surface area (Å²) in [6, 6.07) is 10.2. The Hall–Kier alpha value is -2.15. The number of aromatic nitrogens is 2. The number of nitrogens with zero attached hydrogens (tertiary/aromatic N) is 3. The largest absolute Gasteiger partial charge is 0.389 e. The molecule has 1 atom stereocenters. The predicted octanol–water partition coefficient (Wildman–Crippen LogP) is 3.44. The molecule has 0 aliphatic carbocycles. The zero-order valence-corrected chi connectivity index (χ0v) is 14.1. The van der Waals surface area contributed by atoms with Gasteiger partial charge in [0, 0.05) is 37.4 Å². The smallest absolute Gasteiger partial charge is 0.353 e. The molecule has 1 aromatic carbocycles. The lowest BCUT2D eigenvalue weighted by molar-refractivity contribution is -0.134. The minimum Gasteiger partial charge on any atom is -0.353 e. The van der Waals surface area contributed by atoms with Gasteiger partial charge >= 0.3 is 6.18 Å². The van der Waals surface area contributed by atoms with Crippen LogP contribution in [0.2, 0.25) is 0 Å². The number of rotatable bonds is 5. The van der Waals surface area contributed by atoms with Crippen molar-refractivity contribution in [2.75, 3.05) is 18.9 Å². The minimum atomic E-state index is -4.17. The summed E-state index contributed by atoms with van der Waals surface area (Å²) in [6.07, 6.45) is -2.74. The number of alkyl halides is 3. The van der Waals surface area contributed by atoms with E-state index in [4.69, 9.17) is 0 Å². The zero-order valence-electron chi connectivity index (χ0n) is 14.1. The van der Waals surface area contributed by atoms with E-state index in [-0.39, 0.29) is 12.5 Å². The number of likely N-dealkylation sites (N-methyl/N-ethyl adjacent to an activating group) is 1. The maximum Gasteiger partial charge on any atom is 0.389 e. The van der Waals surface area contributed by atoms with Gasteiger partial charge < -0.3 is 5.32 Å². The molecule has 0 fully saturated rings. The van der Waals surface area contributed by atoms with Crippen LogP contribution in [0, 0.1) is 0 Å². The van der Waals surface area contributed by atoms with Gasteiger partial charge in [0.05, 0.1) is 0 Å². The van der Waals surface area contributed by atoms with Crippen molar-refractivity contribution in [1.29, 1.82) is 0 Å². The number of anilines is 1. The first-order valence-electron chi connectivity index (χ1n) is 8.30. The molecule has 1 aliphatic rings. The topological polar surface area (TPSA) is 41.0 Å². The fourth-order valence-electron chi connectivity index (χ4n) is 3.05. The van der Waals surface area contributed by atoms with E-state index in [0.29, 0.717) is 18.2 Å². The molecular formula is C18H21F3N4. The van der Waals surface area contributed by atoms with E-state index >= 15 is 0 Å². The molecule has 1 aromatic heterocycles. The van der Waals surface area contributed by atoms with Gasteiger partial charge in [-0.15, -0.1) is 0 Å². The molecule has 0 amide bonds. The van der Waals surface area contributed by atoms with Crippen LogP contribution in [0.25, 0.3) is 0 Å². The third kappa shape index (κ3) is 4.92. The van der Waals surface area contributed by atoms with Gasteiger partial charge in [-0.1, -0.05) is 24.3 Å². The molecule has 4 nitrogen and oxygen atoms in total. The summed E-state index contributed by atoms with van der Waals surface area (Å²) in [7, 11) is 2.07. The van der Waals surface area contributed by atoms with Crippen molar-refractivity contribution in [3.63, 3.8) is 0 Å². The summed E-state index contributed by atoms with van der Waals surface area (Å²) in [6.45, 7) is 1.53. The van der Waals surface area contributed by atoms with Crippen LogP contribution in [0.15, 0.2) is 36.5 Å². The van der Waals surface area contributed by atoms with Crippen LogP contribution in [0.5, 0.6) is 0 Å². The van der Waals surface area contributed by atoms with Crippen LogP contribution in [0.3, 0.4) is 0 Å². The second-order valence-corrected chi connectivity index (χ2v) is 6.41. The van der Waals surface area contributed by atoms with Gasteiger partial charge in [-0.2, -0.15) is 13.2 Å². The molecule has 1 aliphatic heterocycles. The molecule has 0 saturated carbocycles. The van der Waals surface area contributed by atoms with Crippen molar-refractivity contribution in [3.05, 3.63) is 53.3 Å². The fourth-order valence-corrected chi connectivity index (χ4v) is 3.05. The van der Waals surface area contributed by atoms with Crippen molar-refractivity contribution in [1.82, 2.24) is 14.9 Å². The van der Waals surface area contributed by atoms with E-state index < -0.39 is 12.6 Å². The van der Waals surface area contributed by atoms with E-state index in [9.17, 15) is 13.2 Å². The lowest BCUT2D eigenvalue weighted by Gasteiger charge is -2.34. The van der Waals surface area contributed by atoms with Crippen LogP contribution < -0.4 is 5.32 Å². The molecule has 25 heavy (non-hydrogen) atoms. The second kappa shape index (κ2) is 7.39. The quantitative estimate of drug-likeness (QED) is 0.897. The Morgan fingerprint density at radius 1 is 1.20 bits per heavy atom. The molecule has 0 radical (unpaired) electrons. The molecular weight excluding hydrogens is 329 g/mol. The van der Waals surface area contributed by atoms with Crippen molar-refractivity contribution in [3.8, 4) is 0 Å². The predicted molar refractivity (Wildman–Crippen MR) is 90.3 cm³/mol. The summed E-state index contributed by atoms with van der Waals surface area (Å²) < 4.78 is 37.0. The Bertz CT molecular complexity index is 717. The highest BCUT2D eigenvalue weighted by Crippen LogP contribution is 2.23. The average molecular weight is 350 g/mol. The molecule has 7 heteroatoms. The van der Waals surface area contributed by atoms with E-state index in [1.807, 2.05) is 12.1 Å². The van der Waals surface area contributed by atoms with E-state index in [0.717, 1.165) is 13.0 Å². The Labute approximate surface area is 145 Å². The molecule has 1 N–H and O–H groups in total. The van der Waals surface area contributed by atoms with Gasteiger partial charge in [0.15, 0.2) is 0 Å². The number of hydrogen-bond donors (Lipinski definition) is 1. The lowest BCUT2D eigenvalue weighted by Crippen LogP contribution is -2.42. The highest BCUT2D eigenvalue weighted by atomic mass is 19.4. The van der Waals surface area contributed by atoms with Crippen LogP contribution >= 0.6 is 0 Å². The number of aryl methyl sites for hydroxylation is 1. The van der Waals surface area contributed by atoms with Gasteiger partial charge in [0.2, 0.25) is 5.95 Å². The van der Waals surface area contributed by atoms with Crippen molar-refractivity contribution in [2.24, 2.45) is 0 Å². The summed E-state index contributed by atoms with van der Waals surface area (Å²) >= 11 is 0. The standard InChI is InChI=1S/C18H21F3N4/c1-25-12-14-5-3-2-4-13(14)10-16(25)11-23-17-22-9-7-15(24-17)6-8-18(19,20)21/h2-5,7,9,16H,6,8,10-12H2,1H3,(H,22,23,24)/t16-/m1/s1. The minimum absolute atomic E-state index is 0.128. The number of nitrogens with one attached hydrogen (secondary N) is 1. The van der Waals surface area contributed by atoms with Crippen LogP contribution in [-0.4, -0.2) is 40.7 Å². The lowest BCUT2D eigenvalue weighted by atomic mass is 9.94. The summed E-state index contributed by atoms with van der Waals surface area (Å²) in [4.78, 5) is 10.6. The third-order valence-corrected chi connectivity index (χ3v) is 4.49. The molecule has 0 unspecified atom stereocenters. The number of fused-ring (bicyclic) bond motifs is 1. The van der Waals surface area contributed by atoms with Crippen molar-refractivity contribution >= 4 is 5.95 Å². The van der Waals surface area contributed by atoms with Gasteiger partial charge in [0.25, 0.3) is 0 Å². The third-order valence-electron chi connectivity index (χ3n) is 4.49. The molecule has 3 rings (SSSR count). The number of hydrogen-bond acceptors (Lipinski definition) is 4. The Kier molecular flexibility index (Phi) is 5.22. The van der Waals surface area contributed by atoms with E-state index in [1.54, 1.807) is 0 Å². The average Bonchev–Trinajstić information content (AvgIpc) is 2.58. The summed E-state index contributed by atoms with van der Waals surface area (Å²) in [5.74, 6) is 0.381. The monoisotopic (exact) mass is 350 g/mol. The molecule has 0 bridgehead atoms. The van der Waals surface area contributed by atoms with E-state index in [1.165, 1.54) is 23.4 Å². The maximum atomic E-state index is 12.3. The Morgan fingerprint density at radius 2 is 1.96 bits per heavy atom. The van der Waals surface area contributed by atoms with Gasteiger partial charge in [-0.25, -0.2) is 9.97 Å². The first-order valence-corrected chi connectivity index (χ1v) is 8.30. The SMILES string of the molecule is CN1Cc2ccccc2C[C@@H]1CNc1nccc(CCC(F)(F)F)n1. The summed E-state index contributed by atoms with van der Waals surface area (Å²) in [5, 5.41) is 3.17. The molecule has 2 heterocycles. The first-order chi connectivity index (χ1) is 11.9. The molecule has 0 spiro atoms. The number of benzene rings is 1. The summed E-state index contributed by atoms with van der Waals surface area (Å²) in [5.41, 5.74) is 3.08. The van der Waals surface area contributed by atoms with Gasteiger partial charge in [0.1, 0.15) is 0 Å². The van der Waals surface area contributed by atoms with Gasteiger partial charge in [-0.3, -0.25) is 4.90 Å². The highest BCUT2D eigenvalue weighted by molar-refractivity contribution is 5.31. The van der Waals surface area contributed by atoms with Gasteiger partial charge in [-0.05, 0) is 37.1 Å². The Balaban J connectivity index is 1.58. The van der Waals surface area contributed by atoms with Crippen molar-refractivity contribution in [2.45, 2.75) is 38.0 Å². The zero-order chi connectivity index (χ0) is 17.9. The van der Waals surface area contributed by atoms with Crippen LogP contribution in [0.4, 0.5) is 19.1 Å². The first kappa shape index (κ1) is 17.7.